The van der Waals surface area contributed by atoms with Gasteiger partial charge in [-0.25, -0.2) is 8.42 Å². The molecule has 2 heterocycles. The highest BCUT2D eigenvalue weighted by molar-refractivity contribution is 7.89. The summed E-state index contributed by atoms with van der Waals surface area (Å²) in [4.78, 5) is 15.4. The fourth-order valence-electron chi connectivity index (χ4n) is 4.20. The molecular weight excluding hydrogens is 388 g/mol. The summed E-state index contributed by atoms with van der Waals surface area (Å²) in [7, 11) is -3.70. The zero-order chi connectivity index (χ0) is 20.4. The molecule has 0 aliphatic carbocycles. The summed E-state index contributed by atoms with van der Waals surface area (Å²) < 4.78 is 33.7. The summed E-state index contributed by atoms with van der Waals surface area (Å²) >= 11 is 0. The zero-order valence-corrected chi connectivity index (χ0v) is 17.3. The van der Waals surface area contributed by atoms with Gasteiger partial charge < -0.3 is 9.64 Å². The van der Waals surface area contributed by atoms with Crippen LogP contribution in [0.3, 0.4) is 0 Å². The van der Waals surface area contributed by atoms with E-state index in [1.54, 1.807) is 35.2 Å². The minimum Gasteiger partial charge on any atom is -0.367 e. The Morgan fingerprint density at radius 2 is 1.66 bits per heavy atom. The van der Waals surface area contributed by atoms with Crippen LogP contribution in [0.1, 0.15) is 31.4 Å². The number of rotatable bonds is 4. The number of amides is 1. The van der Waals surface area contributed by atoms with E-state index in [4.69, 9.17) is 4.74 Å². The van der Waals surface area contributed by atoms with Gasteiger partial charge in [-0.15, -0.1) is 0 Å². The van der Waals surface area contributed by atoms with Crippen molar-refractivity contribution >= 4 is 15.9 Å². The Hall–Kier alpha value is -2.22. The van der Waals surface area contributed by atoms with Gasteiger partial charge in [-0.3, -0.25) is 4.79 Å². The van der Waals surface area contributed by atoms with Crippen molar-refractivity contribution in [3.8, 4) is 0 Å². The van der Waals surface area contributed by atoms with Crippen LogP contribution >= 0.6 is 0 Å². The molecular formula is C22H26N2O4S. The smallest absolute Gasteiger partial charge is 0.243 e. The highest BCUT2D eigenvalue weighted by atomic mass is 32.2. The lowest BCUT2D eigenvalue weighted by molar-refractivity contribution is -0.148. The van der Waals surface area contributed by atoms with Crippen molar-refractivity contribution in [1.82, 2.24) is 9.21 Å². The van der Waals surface area contributed by atoms with Crippen molar-refractivity contribution < 1.29 is 17.9 Å². The second-order valence-corrected chi connectivity index (χ2v) is 9.57. The van der Waals surface area contributed by atoms with Gasteiger partial charge in [0.15, 0.2) is 0 Å². The van der Waals surface area contributed by atoms with E-state index in [1.807, 2.05) is 37.3 Å². The van der Waals surface area contributed by atoms with Gasteiger partial charge in [0.05, 0.1) is 17.5 Å². The first-order chi connectivity index (χ1) is 14.0. The molecule has 7 heteroatoms. The third-order valence-electron chi connectivity index (χ3n) is 5.58. The van der Waals surface area contributed by atoms with Crippen molar-refractivity contribution in [3.05, 3.63) is 66.2 Å². The molecule has 4 rings (SSSR count). The summed E-state index contributed by atoms with van der Waals surface area (Å²) in [5.41, 5.74) is 1.03. The molecule has 0 saturated carbocycles. The van der Waals surface area contributed by atoms with Crippen LogP contribution in [0.2, 0.25) is 0 Å². The summed E-state index contributed by atoms with van der Waals surface area (Å²) in [6.45, 7) is 3.22. The lowest BCUT2D eigenvalue weighted by Crippen LogP contribution is -2.53. The Kier molecular flexibility index (Phi) is 5.72. The molecule has 0 spiro atoms. The molecule has 154 valence electrons. The minimum atomic E-state index is -3.70. The minimum absolute atomic E-state index is 0.113. The lowest BCUT2D eigenvalue weighted by atomic mass is 10.1. The third kappa shape index (κ3) is 4.08. The van der Waals surface area contributed by atoms with Crippen LogP contribution in [0.15, 0.2) is 65.6 Å². The maximum Gasteiger partial charge on any atom is 0.243 e. The number of hydrogen-bond donors (Lipinski definition) is 0. The molecule has 1 amide bonds. The number of morpholine rings is 1. The van der Waals surface area contributed by atoms with Crippen molar-refractivity contribution in [2.45, 2.75) is 42.9 Å². The molecule has 0 bridgehead atoms. The van der Waals surface area contributed by atoms with E-state index in [1.165, 1.54) is 4.31 Å². The molecule has 29 heavy (non-hydrogen) atoms. The molecule has 2 aliphatic rings. The summed E-state index contributed by atoms with van der Waals surface area (Å²) in [6, 6.07) is 17.5. The molecule has 6 nitrogen and oxygen atoms in total. The highest BCUT2D eigenvalue weighted by Crippen LogP contribution is 2.30. The average molecular weight is 415 g/mol. The molecule has 2 aliphatic heterocycles. The van der Waals surface area contributed by atoms with Gasteiger partial charge in [0.25, 0.3) is 0 Å². The molecule has 2 saturated heterocycles. The Labute approximate surface area is 172 Å². The summed E-state index contributed by atoms with van der Waals surface area (Å²) in [6.07, 6.45) is 0.917. The number of nitrogens with zero attached hydrogens (tertiary/aromatic N) is 2. The number of ether oxygens (including phenoxy) is 1. The highest BCUT2D eigenvalue weighted by Gasteiger charge is 2.42. The van der Waals surface area contributed by atoms with E-state index in [-0.39, 0.29) is 23.0 Å². The van der Waals surface area contributed by atoms with E-state index in [2.05, 4.69) is 0 Å². The molecule has 0 aromatic heterocycles. The number of sulfonamides is 1. The van der Waals surface area contributed by atoms with Crippen molar-refractivity contribution in [1.29, 1.82) is 0 Å². The fraction of sp³-hybridized carbons (Fsp3) is 0.409. The van der Waals surface area contributed by atoms with E-state index in [0.29, 0.717) is 32.5 Å². The van der Waals surface area contributed by atoms with Crippen LogP contribution in [0.25, 0.3) is 0 Å². The van der Waals surface area contributed by atoms with Gasteiger partial charge in [0.1, 0.15) is 12.1 Å². The van der Waals surface area contributed by atoms with Crippen LogP contribution in [0, 0.1) is 0 Å². The molecule has 2 fully saturated rings. The van der Waals surface area contributed by atoms with E-state index in [0.717, 1.165) is 5.56 Å². The number of benzene rings is 2. The van der Waals surface area contributed by atoms with Gasteiger partial charge >= 0.3 is 0 Å². The van der Waals surface area contributed by atoms with Crippen LogP contribution in [0.5, 0.6) is 0 Å². The second-order valence-electron chi connectivity index (χ2n) is 7.68. The van der Waals surface area contributed by atoms with Gasteiger partial charge in [-0.2, -0.15) is 4.31 Å². The topological polar surface area (TPSA) is 66.9 Å². The van der Waals surface area contributed by atoms with Crippen LogP contribution in [0.4, 0.5) is 0 Å². The molecule has 3 unspecified atom stereocenters. The predicted octanol–water partition coefficient (Wildman–Crippen LogP) is 2.83. The summed E-state index contributed by atoms with van der Waals surface area (Å²) in [5.74, 6) is -0.127. The monoisotopic (exact) mass is 414 g/mol. The molecule has 2 aromatic rings. The Balaban J connectivity index is 1.55. The second kappa shape index (κ2) is 8.26. The normalized spacial score (nSPS) is 25.8. The predicted molar refractivity (Wildman–Crippen MR) is 110 cm³/mol. The number of carbonyl (C=O) groups is 1. The molecule has 0 radical (unpaired) electrons. The van der Waals surface area contributed by atoms with Gasteiger partial charge in [0, 0.05) is 13.1 Å². The maximum atomic E-state index is 13.4. The lowest BCUT2D eigenvalue weighted by Gasteiger charge is -2.39. The third-order valence-corrected chi connectivity index (χ3v) is 7.50. The van der Waals surface area contributed by atoms with Gasteiger partial charge in [-0.1, -0.05) is 48.5 Å². The van der Waals surface area contributed by atoms with Crippen LogP contribution < -0.4 is 0 Å². The van der Waals surface area contributed by atoms with E-state index < -0.39 is 16.1 Å². The van der Waals surface area contributed by atoms with Crippen molar-refractivity contribution in [3.63, 3.8) is 0 Å². The summed E-state index contributed by atoms with van der Waals surface area (Å²) in [5, 5.41) is 0. The number of hydrogen-bond acceptors (Lipinski definition) is 4. The zero-order valence-electron chi connectivity index (χ0n) is 16.5. The van der Waals surface area contributed by atoms with E-state index in [9.17, 15) is 13.2 Å². The Morgan fingerprint density at radius 1 is 1.00 bits per heavy atom. The Morgan fingerprint density at radius 3 is 2.34 bits per heavy atom. The average Bonchev–Trinajstić information content (AvgIpc) is 3.25. The quantitative estimate of drug-likeness (QED) is 0.772. The van der Waals surface area contributed by atoms with Crippen molar-refractivity contribution in [2.24, 2.45) is 0 Å². The van der Waals surface area contributed by atoms with Gasteiger partial charge in [0.2, 0.25) is 15.9 Å². The fourth-order valence-corrected chi connectivity index (χ4v) is 5.87. The first-order valence-corrected chi connectivity index (χ1v) is 11.5. The van der Waals surface area contributed by atoms with Crippen LogP contribution in [-0.4, -0.2) is 55.3 Å². The van der Waals surface area contributed by atoms with E-state index >= 15 is 0 Å². The standard InChI is InChI=1S/C22H26N2O4S/c1-17-15-23(16-21(28-17)18-9-4-2-5-10-18)22(25)20-13-8-14-24(20)29(26,27)19-11-6-3-7-12-19/h2-7,9-12,17,20-21H,8,13-16H2,1H3. The molecule has 2 aromatic carbocycles. The largest absolute Gasteiger partial charge is 0.367 e. The first-order valence-electron chi connectivity index (χ1n) is 10.0. The molecule has 3 atom stereocenters. The number of carbonyl (C=O) groups excluding carboxylic acids is 1. The SMILES string of the molecule is CC1CN(C(=O)C2CCCN2S(=O)(=O)c2ccccc2)CC(c2ccccc2)O1. The van der Waals surface area contributed by atoms with Crippen LogP contribution in [-0.2, 0) is 19.6 Å². The Bertz CT molecular complexity index is 949. The maximum absolute atomic E-state index is 13.4. The molecule has 0 N–H and O–H groups in total. The van der Waals surface area contributed by atoms with Gasteiger partial charge in [-0.05, 0) is 37.5 Å². The first kappa shape index (κ1) is 20.1. The van der Waals surface area contributed by atoms with Crippen molar-refractivity contribution in [2.75, 3.05) is 19.6 Å².